The fraction of sp³-hybridized carbons (Fsp3) is 0.571. The molecule has 0 saturated carbocycles. The number of aryl methyl sites for hydroxylation is 2. The second-order valence-electron chi connectivity index (χ2n) is 5.28. The van der Waals surface area contributed by atoms with Crippen LogP contribution in [0.25, 0.3) is 0 Å². The van der Waals surface area contributed by atoms with Gasteiger partial charge in [0.05, 0.1) is 12.3 Å². The Hall–Kier alpha value is -1.98. The van der Waals surface area contributed by atoms with Gasteiger partial charge in [-0.2, -0.15) is 0 Å². The van der Waals surface area contributed by atoms with Gasteiger partial charge in [0.15, 0.2) is 0 Å². The molecule has 0 aliphatic carbocycles. The zero-order valence-electron chi connectivity index (χ0n) is 11.9. The molecule has 2 heterocycles. The number of carbonyl (C=O) groups is 2. The molecule has 6 heteroatoms. The van der Waals surface area contributed by atoms with Gasteiger partial charge in [-0.1, -0.05) is 0 Å². The lowest BCUT2D eigenvalue weighted by Crippen LogP contribution is -2.44. The smallest absolute Gasteiger partial charge is 0.227 e. The Labute approximate surface area is 118 Å². The van der Waals surface area contributed by atoms with E-state index in [0.29, 0.717) is 13.1 Å². The molecule has 0 bridgehead atoms. The summed E-state index contributed by atoms with van der Waals surface area (Å²) < 4.78 is 0. The SMILES string of the molecule is Cc1ncnc(C)c1CC(=O)N1CCC[C@H](C(N)=O)C1. The molecule has 0 radical (unpaired) electrons. The van der Waals surface area contributed by atoms with Crippen molar-refractivity contribution in [3.05, 3.63) is 23.3 Å². The van der Waals surface area contributed by atoms with Gasteiger partial charge in [-0.05, 0) is 26.7 Å². The molecule has 2 N–H and O–H groups in total. The molecule has 1 aliphatic rings. The lowest BCUT2D eigenvalue weighted by molar-refractivity contribution is -0.134. The van der Waals surface area contributed by atoms with Crippen molar-refractivity contribution in [3.63, 3.8) is 0 Å². The third kappa shape index (κ3) is 3.12. The number of aromatic nitrogens is 2. The molecule has 1 fully saturated rings. The lowest BCUT2D eigenvalue weighted by atomic mass is 9.96. The van der Waals surface area contributed by atoms with Crippen molar-refractivity contribution in [2.24, 2.45) is 11.7 Å². The van der Waals surface area contributed by atoms with E-state index in [-0.39, 0.29) is 24.2 Å². The Bertz CT molecular complexity index is 510. The zero-order valence-corrected chi connectivity index (χ0v) is 11.9. The van der Waals surface area contributed by atoms with E-state index in [4.69, 9.17) is 5.73 Å². The van der Waals surface area contributed by atoms with Crippen LogP contribution in [0.15, 0.2) is 6.33 Å². The van der Waals surface area contributed by atoms with Crippen LogP contribution in [0.2, 0.25) is 0 Å². The first-order chi connectivity index (χ1) is 9.49. The second kappa shape index (κ2) is 5.98. The van der Waals surface area contributed by atoms with Crippen molar-refractivity contribution >= 4 is 11.8 Å². The minimum absolute atomic E-state index is 0.0111. The monoisotopic (exact) mass is 276 g/mol. The summed E-state index contributed by atoms with van der Waals surface area (Å²) in [6.45, 7) is 4.87. The summed E-state index contributed by atoms with van der Waals surface area (Å²) in [5.41, 5.74) is 7.86. The number of nitrogens with zero attached hydrogens (tertiary/aromatic N) is 3. The predicted molar refractivity (Wildman–Crippen MR) is 73.7 cm³/mol. The Kier molecular flexibility index (Phi) is 4.32. The summed E-state index contributed by atoms with van der Waals surface area (Å²) in [6.07, 6.45) is 3.38. The minimum atomic E-state index is -0.321. The van der Waals surface area contributed by atoms with E-state index in [2.05, 4.69) is 9.97 Å². The molecule has 108 valence electrons. The summed E-state index contributed by atoms with van der Waals surface area (Å²) in [6, 6.07) is 0. The van der Waals surface area contributed by atoms with Crippen LogP contribution < -0.4 is 5.73 Å². The van der Waals surface area contributed by atoms with Crippen molar-refractivity contribution < 1.29 is 9.59 Å². The highest BCUT2D eigenvalue weighted by atomic mass is 16.2. The van der Waals surface area contributed by atoms with Crippen LogP contribution in [0.1, 0.15) is 29.8 Å². The average Bonchev–Trinajstić information content (AvgIpc) is 2.43. The highest BCUT2D eigenvalue weighted by Gasteiger charge is 2.27. The number of rotatable bonds is 3. The third-order valence-electron chi connectivity index (χ3n) is 3.88. The highest BCUT2D eigenvalue weighted by molar-refractivity contribution is 5.81. The Morgan fingerprint density at radius 3 is 2.60 bits per heavy atom. The maximum Gasteiger partial charge on any atom is 0.227 e. The second-order valence-corrected chi connectivity index (χ2v) is 5.28. The van der Waals surface area contributed by atoms with Gasteiger partial charge in [0.1, 0.15) is 6.33 Å². The van der Waals surface area contributed by atoms with Gasteiger partial charge < -0.3 is 10.6 Å². The Morgan fingerprint density at radius 2 is 2.00 bits per heavy atom. The predicted octanol–water partition coefficient (Wildman–Crippen LogP) is 0.360. The first-order valence-corrected chi connectivity index (χ1v) is 6.83. The summed E-state index contributed by atoms with van der Waals surface area (Å²) in [5, 5.41) is 0. The van der Waals surface area contributed by atoms with Gasteiger partial charge in [0.25, 0.3) is 0 Å². The summed E-state index contributed by atoms with van der Waals surface area (Å²) in [7, 11) is 0. The normalized spacial score (nSPS) is 18.9. The van der Waals surface area contributed by atoms with Crippen molar-refractivity contribution in [2.45, 2.75) is 33.1 Å². The fourth-order valence-corrected chi connectivity index (χ4v) is 2.57. The van der Waals surface area contributed by atoms with Crippen molar-refractivity contribution in [2.75, 3.05) is 13.1 Å². The van der Waals surface area contributed by atoms with E-state index in [1.165, 1.54) is 6.33 Å². The van der Waals surface area contributed by atoms with E-state index in [0.717, 1.165) is 29.8 Å². The number of piperidine rings is 1. The van der Waals surface area contributed by atoms with Crippen LogP contribution in [0, 0.1) is 19.8 Å². The van der Waals surface area contributed by atoms with Crippen LogP contribution in [0.3, 0.4) is 0 Å². The number of amides is 2. The first-order valence-electron chi connectivity index (χ1n) is 6.83. The third-order valence-corrected chi connectivity index (χ3v) is 3.88. The van der Waals surface area contributed by atoms with E-state index in [1.807, 2.05) is 13.8 Å². The molecule has 1 aromatic heterocycles. The molecule has 1 atom stereocenters. The average molecular weight is 276 g/mol. The maximum absolute atomic E-state index is 12.4. The topological polar surface area (TPSA) is 89.2 Å². The number of primary amides is 1. The Balaban J connectivity index is 2.06. The molecule has 0 spiro atoms. The molecule has 1 aromatic rings. The van der Waals surface area contributed by atoms with Gasteiger partial charge in [-0.25, -0.2) is 9.97 Å². The highest BCUT2D eigenvalue weighted by Crippen LogP contribution is 2.18. The van der Waals surface area contributed by atoms with Gasteiger partial charge >= 0.3 is 0 Å². The van der Waals surface area contributed by atoms with Crippen LogP contribution in [0.5, 0.6) is 0 Å². The van der Waals surface area contributed by atoms with E-state index >= 15 is 0 Å². The molecule has 1 aliphatic heterocycles. The number of likely N-dealkylation sites (tertiary alicyclic amines) is 1. The number of carbonyl (C=O) groups excluding carboxylic acids is 2. The minimum Gasteiger partial charge on any atom is -0.369 e. The molecular formula is C14H20N4O2. The number of nitrogens with two attached hydrogens (primary N) is 1. The van der Waals surface area contributed by atoms with Crippen molar-refractivity contribution in [3.8, 4) is 0 Å². The standard InChI is InChI=1S/C14H20N4O2/c1-9-12(10(2)17-8-16-9)6-13(19)18-5-3-4-11(7-18)14(15)20/h8,11H,3-7H2,1-2H3,(H2,15,20)/t11-/m0/s1. The van der Waals surface area contributed by atoms with Crippen LogP contribution in [-0.4, -0.2) is 39.8 Å². The molecule has 2 amide bonds. The van der Waals surface area contributed by atoms with Gasteiger partial charge in [0.2, 0.25) is 11.8 Å². The molecule has 0 aromatic carbocycles. The van der Waals surface area contributed by atoms with Gasteiger partial charge in [0, 0.05) is 30.0 Å². The van der Waals surface area contributed by atoms with Crippen LogP contribution >= 0.6 is 0 Å². The summed E-state index contributed by atoms with van der Waals surface area (Å²) in [4.78, 5) is 33.6. The molecule has 0 unspecified atom stereocenters. The quantitative estimate of drug-likeness (QED) is 0.863. The lowest BCUT2D eigenvalue weighted by Gasteiger charge is -2.31. The maximum atomic E-state index is 12.4. The zero-order chi connectivity index (χ0) is 14.7. The molecule has 1 saturated heterocycles. The molecule has 2 rings (SSSR count). The van der Waals surface area contributed by atoms with Gasteiger partial charge in [-0.15, -0.1) is 0 Å². The van der Waals surface area contributed by atoms with Crippen molar-refractivity contribution in [1.82, 2.24) is 14.9 Å². The first kappa shape index (κ1) is 14.4. The van der Waals surface area contributed by atoms with Gasteiger partial charge in [-0.3, -0.25) is 9.59 Å². The van der Waals surface area contributed by atoms with Crippen LogP contribution in [0.4, 0.5) is 0 Å². The summed E-state index contributed by atoms with van der Waals surface area (Å²) >= 11 is 0. The van der Waals surface area contributed by atoms with E-state index in [1.54, 1.807) is 4.90 Å². The molecular weight excluding hydrogens is 256 g/mol. The largest absolute Gasteiger partial charge is 0.369 e. The molecule has 6 nitrogen and oxygen atoms in total. The Morgan fingerprint density at radius 1 is 1.35 bits per heavy atom. The molecule has 20 heavy (non-hydrogen) atoms. The fourth-order valence-electron chi connectivity index (χ4n) is 2.57. The van der Waals surface area contributed by atoms with E-state index < -0.39 is 0 Å². The van der Waals surface area contributed by atoms with Crippen molar-refractivity contribution in [1.29, 1.82) is 0 Å². The number of hydrogen-bond donors (Lipinski definition) is 1. The summed E-state index contributed by atoms with van der Waals surface area (Å²) in [5.74, 6) is -0.531. The number of hydrogen-bond acceptors (Lipinski definition) is 4. The van der Waals surface area contributed by atoms with E-state index in [9.17, 15) is 9.59 Å². The van der Waals surface area contributed by atoms with Crippen LogP contribution in [-0.2, 0) is 16.0 Å².